The molecule has 1 fully saturated rings. The zero-order valence-electron chi connectivity index (χ0n) is 19.8. The van der Waals surface area contributed by atoms with Crippen molar-refractivity contribution in [3.8, 4) is 0 Å². The molecule has 1 amide bonds. The first-order valence-electron chi connectivity index (χ1n) is 11.8. The largest absolute Gasteiger partial charge is 0.283 e. The summed E-state index contributed by atoms with van der Waals surface area (Å²) in [7, 11) is -3.68. The fourth-order valence-electron chi connectivity index (χ4n) is 4.45. The predicted molar refractivity (Wildman–Crippen MR) is 145 cm³/mol. The number of carbonyl (C=O) groups excluding carboxylic acids is 1. The van der Waals surface area contributed by atoms with Crippen LogP contribution in [-0.4, -0.2) is 36.7 Å². The van der Waals surface area contributed by atoms with Crippen LogP contribution in [0.5, 0.6) is 0 Å². The van der Waals surface area contributed by atoms with Crippen LogP contribution in [0.2, 0.25) is 5.02 Å². The van der Waals surface area contributed by atoms with E-state index in [4.69, 9.17) is 16.6 Å². The summed E-state index contributed by atoms with van der Waals surface area (Å²) in [5, 5.41) is 1.20. The number of thiazole rings is 1. The highest BCUT2D eigenvalue weighted by Gasteiger charge is 2.36. The van der Waals surface area contributed by atoms with Crippen LogP contribution in [0.15, 0.2) is 77.7 Å². The van der Waals surface area contributed by atoms with Gasteiger partial charge in [-0.1, -0.05) is 71.0 Å². The number of benzene rings is 3. The molecule has 0 radical (unpaired) electrons. The fourth-order valence-corrected chi connectivity index (χ4v) is 7.22. The number of sulfonamides is 1. The van der Waals surface area contributed by atoms with E-state index in [1.165, 1.54) is 15.6 Å². The molecule has 1 aromatic heterocycles. The third kappa shape index (κ3) is 5.18. The number of piperidine rings is 1. The number of amides is 1. The van der Waals surface area contributed by atoms with E-state index < -0.39 is 15.9 Å². The van der Waals surface area contributed by atoms with Crippen LogP contribution in [-0.2, 0) is 21.4 Å². The van der Waals surface area contributed by atoms with Crippen molar-refractivity contribution in [2.45, 2.75) is 31.2 Å². The second kappa shape index (κ2) is 10.3. The smallest absolute Gasteiger partial charge is 0.243 e. The molecule has 2 heterocycles. The van der Waals surface area contributed by atoms with Gasteiger partial charge in [0, 0.05) is 18.1 Å². The lowest BCUT2D eigenvalue weighted by Crippen LogP contribution is -2.46. The molecule has 0 spiro atoms. The first kappa shape index (κ1) is 24.9. The Morgan fingerprint density at radius 3 is 2.61 bits per heavy atom. The lowest BCUT2D eigenvalue weighted by Gasteiger charge is -2.33. The Morgan fingerprint density at radius 1 is 1.11 bits per heavy atom. The number of rotatable bonds is 6. The maximum Gasteiger partial charge on any atom is 0.243 e. The molecular formula is C27H26ClN3O3S2. The Hall–Kier alpha value is -2.78. The van der Waals surface area contributed by atoms with Gasteiger partial charge in [0.2, 0.25) is 15.9 Å². The number of fused-ring (bicyclic) bond motifs is 1. The highest BCUT2D eigenvalue weighted by Crippen LogP contribution is 2.34. The number of nitrogens with zero attached hydrogens (tertiary/aromatic N) is 3. The molecule has 0 saturated carbocycles. The Morgan fingerprint density at radius 2 is 1.86 bits per heavy atom. The molecule has 1 atom stereocenters. The van der Waals surface area contributed by atoms with Crippen molar-refractivity contribution in [2.75, 3.05) is 18.0 Å². The summed E-state index contributed by atoms with van der Waals surface area (Å²) >= 11 is 7.59. The van der Waals surface area contributed by atoms with Gasteiger partial charge in [0.15, 0.2) is 5.13 Å². The molecule has 9 heteroatoms. The molecule has 0 aliphatic carbocycles. The third-order valence-corrected chi connectivity index (χ3v) is 9.57. The minimum absolute atomic E-state index is 0.118. The second-order valence-electron chi connectivity index (χ2n) is 9.03. The SMILES string of the molecule is Cc1ccc(S(=O)(=O)N2CCCC(C(=O)N(Cc3ccccc3)c3nc4ccc(Cl)cc4s3)C2)cc1. The Labute approximate surface area is 220 Å². The molecule has 1 aliphatic rings. The van der Waals surface area contributed by atoms with Crippen molar-refractivity contribution in [1.82, 2.24) is 9.29 Å². The fraction of sp³-hybridized carbons (Fsp3) is 0.259. The molecule has 1 unspecified atom stereocenters. The summed E-state index contributed by atoms with van der Waals surface area (Å²) in [5.74, 6) is -0.578. The average molecular weight is 540 g/mol. The van der Waals surface area contributed by atoms with Crippen LogP contribution in [0.25, 0.3) is 10.2 Å². The van der Waals surface area contributed by atoms with Gasteiger partial charge in [-0.2, -0.15) is 4.31 Å². The summed E-state index contributed by atoms with van der Waals surface area (Å²) in [6, 6.07) is 22.1. The van der Waals surface area contributed by atoms with E-state index >= 15 is 0 Å². The number of aromatic nitrogens is 1. The minimum atomic E-state index is -3.68. The maximum atomic E-state index is 13.9. The van der Waals surface area contributed by atoms with Gasteiger partial charge in [0.25, 0.3) is 0 Å². The van der Waals surface area contributed by atoms with Crippen LogP contribution in [0.3, 0.4) is 0 Å². The van der Waals surface area contributed by atoms with E-state index in [0.29, 0.717) is 36.1 Å². The standard InChI is InChI=1S/C27H26ClN3O3S2/c1-19-9-12-23(13-10-19)36(33,34)30-15-5-8-21(18-30)26(32)31(17-20-6-3-2-4-7-20)27-29-24-14-11-22(28)16-25(24)35-27/h2-4,6-7,9-14,16,21H,5,8,15,17-18H2,1H3. The average Bonchev–Trinajstić information content (AvgIpc) is 3.31. The molecule has 0 bridgehead atoms. The maximum absolute atomic E-state index is 13.9. The number of carbonyl (C=O) groups is 1. The van der Waals surface area contributed by atoms with Gasteiger partial charge >= 0.3 is 0 Å². The number of aryl methyl sites for hydroxylation is 1. The van der Waals surface area contributed by atoms with E-state index in [-0.39, 0.29) is 17.3 Å². The minimum Gasteiger partial charge on any atom is -0.283 e. The number of halogens is 1. The zero-order chi connectivity index (χ0) is 25.3. The molecule has 1 aliphatic heterocycles. The van der Waals surface area contributed by atoms with Gasteiger partial charge in [-0.15, -0.1) is 0 Å². The van der Waals surface area contributed by atoms with E-state index in [1.54, 1.807) is 35.2 Å². The Kier molecular flexibility index (Phi) is 7.12. The van der Waals surface area contributed by atoms with Crippen LogP contribution in [0.1, 0.15) is 24.0 Å². The van der Waals surface area contributed by atoms with Crippen molar-refractivity contribution in [1.29, 1.82) is 0 Å². The summed E-state index contributed by atoms with van der Waals surface area (Å²) in [6.07, 6.45) is 1.25. The number of hydrogen-bond donors (Lipinski definition) is 0. The van der Waals surface area contributed by atoms with Crippen LogP contribution in [0, 0.1) is 12.8 Å². The van der Waals surface area contributed by atoms with Gasteiger partial charge in [-0.3, -0.25) is 9.69 Å². The highest BCUT2D eigenvalue weighted by atomic mass is 35.5. The third-order valence-electron chi connectivity index (χ3n) is 6.41. The van der Waals surface area contributed by atoms with Gasteiger partial charge in [-0.05, 0) is 55.7 Å². The van der Waals surface area contributed by atoms with E-state index in [9.17, 15) is 13.2 Å². The summed E-state index contributed by atoms with van der Waals surface area (Å²) in [5.41, 5.74) is 2.75. The first-order valence-corrected chi connectivity index (χ1v) is 14.4. The molecule has 186 valence electrons. The van der Waals surface area contributed by atoms with E-state index in [2.05, 4.69) is 0 Å². The summed E-state index contributed by atoms with van der Waals surface area (Å²) in [4.78, 5) is 20.6. The second-order valence-corrected chi connectivity index (χ2v) is 12.4. The lowest BCUT2D eigenvalue weighted by atomic mass is 9.98. The van der Waals surface area contributed by atoms with Crippen molar-refractivity contribution >= 4 is 54.2 Å². The molecule has 3 aromatic carbocycles. The summed E-state index contributed by atoms with van der Waals surface area (Å²) < 4.78 is 29.0. The van der Waals surface area contributed by atoms with Crippen LogP contribution in [0.4, 0.5) is 5.13 Å². The van der Waals surface area contributed by atoms with Crippen LogP contribution >= 0.6 is 22.9 Å². The molecule has 36 heavy (non-hydrogen) atoms. The number of anilines is 1. The van der Waals surface area contributed by atoms with Crippen molar-refractivity contribution in [2.24, 2.45) is 5.92 Å². The van der Waals surface area contributed by atoms with E-state index in [1.807, 2.05) is 49.4 Å². The molecule has 1 saturated heterocycles. The van der Waals surface area contributed by atoms with Gasteiger partial charge < -0.3 is 0 Å². The van der Waals surface area contributed by atoms with E-state index in [0.717, 1.165) is 21.3 Å². The topological polar surface area (TPSA) is 70.6 Å². The molecule has 5 rings (SSSR count). The summed E-state index contributed by atoms with van der Waals surface area (Å²) in [6.45, 7) is 2.83. The van der Waals surface area contributed by atoms with Crippen molar-refractivity contribution in [3.05, 3.63) is 88.9 Å². The van der Waals surface area contributed by atoms with Crippen molar-refractivity contribution < 1.29 is 13.2 Å². The van der Waals surface area contributed by atoms with Crippen molar-refractivity contribution in [3.63, 3.8) is 0 Å². The van der Waals surface area contributed by atoms with Gasteiger partial charge in [0.1, 0.15) is 0 Å². The van der Waals surface area contributed by atoms with Gasteiger partial charge in [-0.25, -0.2) is 13.4 Å². The molecule has 4 aromatic rings. The zero-order valence-corrected chi connectivity index (χ0v) is 22.2. The predicted octanol–water partition coefficient (Wildman–Crippen LogP) is 5.89. The van der Waals surface area contributed by atoms with Gasteiger partial charge in [0.05, 0.1) is 27.6 Å². The molecule has 6 nitrogen and oxygen atoms in total. The van der Waals surface area contributed by atoms with Crippen LogP contribution < -0.4 is 4.90 Å². The molecule has 0 N–H and O–H groups in total. The Bertz CT molecular complexity index is 1490. The quantitative estimate of drug-likeness (QED) is 0.306. The first-order chi connectivity index (χ1) is 17.3. The highest BCUT2D eigenvalue weighted by molar-refractivity contribution is 7.89. The number of hydrogen-bond acceptors (Lipinski definition) is 5. The normalized spacial score (nSPS) is 16.8. The molecular weight excluding hydrogens is 514 g/mol. The Balaban J connectivity index is 1.44. The lowest BCUT2D eigenvalue weighted by molar-refractivity contribution is -0.123. The monoisotopic (exact) mass is 539 g/mol.